The Morgan fingerprint density at radius 3 is 2.48 bits per heavy atom. The quantitative estimate of drug-likeness (QED) is 0.810. The van der Waals surface area contributed by atoms with Gasteiger partial charge < -0.3 is 19.5 Å². The molecule has 7 heteroatoms. The van der Waals surface area contributed by atoms with Crippen LogP contribution in [0, 0.1) is 0 Å². The summed E-state index contributed by atoms with van der Waals surface area (Å²) in [5, 5.41) is 2.86. The number of rotatable bonds is 7. The number of carbonyl (C=O) groups is 2. The SMILES string of the molecule is COc1ccc(CCC(=O)Nc2ccc(N3CCOC3=O)cc2)cc1OC. The van der Waals surface area contributed by atoms with Crippen molar-refractivity contribution in [2.45, 2.75) is 12.8 Å². The normalized spacial score (nSPS) is 13.3. The number of nitrogens with one attached hydrogen (secondary N) is 1. The van der Waals surface area contributed by atoms with E-state index in [0.717, 1.165) is 11.3 Å². The third-order valence-electron chi connectivity index (χ3n) is 4.31. The minimum absolute atomic E-state index is 0.0851. The summed E-state index contributed by atoms with van der Waals surface area (Å²) >= 11 is 0. The first-order valence-electron chi connectivity index (χ1n) is 8.66. The first-order valence-corrected chi connectivity index (χ1v) is 8.66. The van der Waals surface area contributed by atoms with E-state index < -0.39 is 0 Å². The van der Waals surface area contributed by atoms with Crippen LogP contribution in [-0.4, -0.2) is 39.4 Å². The van der Waals surface area contributed by atoms with Gasteiger partial charge >= 0.3 is 6.09 Å². The fraction of sp³-hybridized carbons (Fsp3) is 0.300. The van der Waals surface area contributed by atoms with Gasteiger partial charge in [-0.1, -0.05) is 6.07 Å². The van der Waals surface area contributed by atoms with Crippen LogP contribution in [0.2, 0.25) is 0 Å². The molecule has 0 atom stereocenters. The Labute approximate surface area is 157 Å². The van der Waals surface area contributed by atoms with Gasteiger partial charge in [-0.3, -0.25) is 9.69 Å². The minimum Gasteiger partial charge on any atom is -0.493 e. The van der Waals surface area contributed by atoms with Gasteiger partial charge in [0.2, 0.25) is 5.91 Å². The molecule has 3 rings (SSSR count). The molecule has 2 aromatic rings. The van der Waals surface area contributed by atoms with Gasteiger partial charge in [0.25, 0.3) is 0 Å². The minimum atomic E-state index is -0.346. The Kier molecular flexibility index (Phi) is 5.80. The second kappa shape index (κ2) is 8.44. The van der Waals surface area contributed by atoms with E-state index in [0.29, 0.717) is 43.2 Å². The zero-order valence-electron chi connectivity index (χ0n) is 15.4. The highest BCUT2D eigenvalue weighted by Crippen LogP contribution is 2.28. The van der Waals surface area contributed by atoms with Gasteiger partial charge in [0.15, 0.2) is 11.5 Å². The standard InChI is InChI=1S/C20H22N2O5/c1-25-17-9-3-14(13-18(17)26-2)4-10-19(23)21-15-5-7-16(8-6-15)22-11-12-27-20(22)24/h3,5-9,13H,4,10-12H2,1-2H3,(H,21,23). The number of cyclic esters (lactones) is 1. The number of anilines is 2. The molecule has 0 radical (unpaired) electrons. The van der Waals surface area contributed by atoms with Crippen LogP contribution in [0.25, 0.3) is 0 Å². The summed E-state index contributed by atoms with van der Waals surface area (Å²) in [5.41, 5.74) is 2.43. The van der Waals surface area contributed by atoms with Crippen LogP contribution in [0.3, 0.4) is 0 Å². The van der Waals surface area contributed by atoms with Crippen molar-refractivity contribution in [1.82, 2.24) is 0 Å². The lowest BCUT2D eigenvalue weighted by molar-refractivity contribution is -0.116. The first-order chi connectivity index (χ1) is 13.1. The van der Waals surface area contributed by atoms with Gasteiger partial charge in [0.1, 0.15) is 6.61 Å². The smallest absolute Gasteiger partial charge is 0.414 e. The molecule has 0 unspecified atom stereocenters. The third-order valence-corrected chi connectivity index (χ3v) is 4.31. The van der Waals surface area contributed by atoms with E-state index in [1.54, 1.807) is 43.4 Å². The maximum atomic E-state index is 12.2. The van der Waals surface area contributed by atoms with Gasteiger partial charge in [-0.25, -0.2) is 4.79 Å². The number of hydrogen-bond donors (Lipinski definition) is 1. The number of amides is 2. The van der Waals surface area contributed by atoms with Crippen LogP contribution in [-0.2, 0) is 16.0 Å². The highest BCUT2D eigenvalue weighted by atomic mass is 16.6. The lowest BCUT2D eigenvalue weighted by atomic mass is 10.1. The second-order valence-electron chi connectivity index (χ2n) is 6.05. The summed E-state index contributed by atoms with van der Waals surface area (Å²) in [6.07, 6.45) is 0.584. The lowest BCUT2D eigenvalue weighted by Gasteiger charge is -2.13. The Bertz CT molecular complexity index is 820. The number of aryl methyl sites for hydroxylation is 1. The Balaban J connectivity index is 1.54. The summed E-state index contributed by atoms with van der Waals surface area (Å²) in [6, 6.07) is 12.7. The van der Waals surface area contributed by atoms with Crippen LogP contribution in [0.5, 0.6) is 11.5 Å². The fourth-order valence-corrected chi connectivity index (χ4v) is 2.87. The summed E-state index contributed by atoms with van der Waals surface area (Å²) in [6.45, 7) is 0.934. The second-order valence-corrected chi connectivity index (χ2v) is 6.05. The van der Waals surface area contributed by atoms with Crippen molar-refractivity contribution >= 4 is 23.4 Å². The number of methoxy groups -OCH3 is 2. The zero-order chi connectivity index (χ0) is 19.2. The number of carbonyl (C=O) groups excluding carboxylic acids is 2. The predicted octanol–water partition coefficient (Wildman–Crippen LogP) is 3.23. The van der Waals surface area contributed by atoms with Crippen LogP contribution in [0.15, 0.2) is 42.5 Å². The molecule has 2 aromatic carbocycles. The molecule has 1 heterocycles. The number of nitrogens with zero attached hydrogens (tertiary/aromatic N) is 1. The van der Waals surface area contributed by atoms with E-state index in [1.165, 1.54) is 0 Å². The number of hydrogen-bond acceptors (Lipinski definition) is 5. The van der Waals surface area contributed by atoms with E-state index in [4.69, 9.17) is 14.2 Å². The molecule has 1 N–H and O–H groups in total. The molecule has 1 fully saturated rings. The van der Waals surface area contributed by atoms with E-state index in [2.05, 4.69) is 5.32 Å². The van der Waals surface area contributed by atoms with Crippen molar-refractivity contribution in [3.8, 4) is 11.5 Å². The zero-order valence-corrected chi connectivity index (χ0v) is 15.4. The molecule has 0 saturated carbocycles. The molecule has 0 aromatic heterocycles. The third kappa shape index (κ3) is 4.49. The number of benzene rings is 2. The Hall–Kier alpha value is -3.22. The molecule has 142 valence electrons. The van der Waals surface area contributed by atoms with E-state index in [9.17, 15) is 9.59 Å². The van der Waals surface area contributed by atoms with Gasteiger partial charge in [-0.2, -0.15) is 0 Å². The topological polar surface area (TPSA) is 77.1 Å². The molecule has 0 aliphatic carbocycles. The molecule has 7 nitrogen and oxygen atoms in total. The predicted molar refractivity (Wildman–Crippen MR) is 102 cm³/mol. The first kappa shape index (κ1) is 18.6. The van der Waals surface area contributed by atoms with Crippen molar-refractivity contribution in [3.63, 3.8) is 0 Å². The molecule has 1 aliphatic heterocycles. The van der Waals surface area contributed by atoms with Crippen LogP contribution >= 0.6 is 0 Å². The summed E-state index contributed by atoms with van der Waals surface area (Å²) in [4.78, 5) is 25.3. The molecule has 0 bridgehead atoms. The maximum absolute atomic E-state index is 12.2. The average Bonchev–Trinajstić information content (AvgIpc) is 3.12. The average molecular weight is 370 g/mol. The van der Waals surface area contributed by atoms with Crippen molar-refractivity contribution in [2.75, 3.05) is 37.6 Å². The molecule has 1 saturated heterocycles. The summed E-state index contributed by atoms with van der Waals surface area (Å²) in [5.74, 6) is 1.22. The van der Waals surface area contributed by atoms with Gasteiger partial charge in [-0.15, -0.1) is 0 Å². The van der Waals surface area contributed by atoms with Crippen molar-refractivity contribution < 1.29 is 23.8 Å². The molecule has 2 amide bonds. The van der Waals surface area contributed by atoms with E-state index in [-0.39, 0.29) is 12.0 Å². The van der Waals surface area contributed by atoms with Crippen LogP contribution in [0.4, 0.5) is 16.2 Å². The van der Waals surface area contributed by atoms with Crippen molar-refractivity contribution in [2.24, 2.45) is 0 Å². The van der Waals surface area contributed by atoms with Gasteiger partial charge in [0.05, 0.1) is 20.8 Å². The fourth-order valence-electron chi connectivity index (χ4n) is 2.87. The number of ether oxygens (including phenoxy) is 3. The maximum Gasteiger partial charge on any atom is 0.414 e. The van der Waals surface area contributed by atoms with E-state index >= 15 is 0 Å². The molecule has 27 heavy (non-hydrogen) atoms. The summed E-state index contributed by atoms with van der Waals surface area (Å²) in [7, 11) is 3.17. The van der Waals surface area contributed by atoms with Gasteiger partial charge in [-0.05, 0) is 48.4 Å². The largest absolute Gasteiger partial charge is 0.493 e. The van der Waals surface area contributed by atoms with E-state index in [1.807, 2.05) is 18.2 Å². The lowest BCUT2D eigenvalue weighted by Crippen LogP contribution is -2.23. The van der Waals surface area contributed by atoms with Crippen LogP contribution in [0.1, 0.15) is 12.0 Å². The Morgan fingerprint density at radius 2 is 1.85 bits per heavy atom. The molecular formula is C20H22N2O5. The van der Waals surface area contributed by atoms with Crippen molar-refractivity contribution in [1.29, 1.82) is 0 Å². The highest BCUT2D eigenvalue weighted by molar-refractivity contribution is 5.92. The monoisotopic (exact) mass is 370 g/mol. The van der Waals surface area contributed by atoms with Crippen LogP contribution < -0.4 is 19.7 Å². The summed E-state index contributed by atoms with van der Waals surface area (Å²) < 4.78 is 15.4. The molecule has 0 spiro atoms. The molecular weight excluding hydrogens is 348 g/mol. The van der Waals surface area contributed by atoms with Gasteiger partial charge in [0, 0.05) is 17.8 Å². The molecule has 1 aliphatic rings. The van der Waals surface area contributed by atoms with Crippen molar-refractivity contribution in [3.05, 3.63) is 48.0 Å². The highest BCUT2D eigenvalue weighted by Gasteiger charge is 2.23. The Morgan fingerprint density at radius 1 is 1.11 bits per heavy atom.